The van der Waals surface area contributed by atoms with E-state index in [0.29, 0.717) is 0 Å². The predicted octanol–water partition coefficient (Wildman–Crippen LogP) is 4.34. The molecule has 2 aromatic carbocycles. The molecule has 21 heavy (non-hydrogen) atoms. The molecule has 1 unspecified atom stereocenters. The number of hydrogen-bond donors (Lipinski definition) is 1. The molecule has 0 radical (unpaired) electrons. The molecule has 1 atom stereocenters. The monoisotopic (exact) mass is 301 g/mol. The van der Waals surface area contributed by atoms with Gasteiger partial charge in [-0.05, 0) is 67.6 Å². The zero-order chi connectivity index (χ0) is 15.4. The molecule has 2 rings (SSSR count). The van der Waals surface area contributed by atoms with Crippen LogP contribution in [0.5, 0.6) is 5.75 Å². The van der Waals surface area contributed by atoms with Gasteiger partial charge in [-0.3, -0.25) is 0 Å². The largest absolute Gasteiger partial charge is 0.496 e. The molecule has 1 N–H and O–H groups in total. The van der Waals surface area contributed by atoms with Gasteiger partial charge in [0.05, 0.1) is 13.2 Å². The van der Waals surface area contributed by atoms with Crippen LogP contribution >= 0.6 is 11.8 Å². The summed E-state index contributed by atoms with van der Waals surface area (Å²) in [5, 5.41) is 3.43. The van der Waals surface area contributed by atoms with Crippen LogP contribution in [0.1, 0.15) is 28.3 Å². The normalized spacial score (nSPS) is 12.2. The Balaban J connectivity index is 2.43. The second kappa shape index (κ2) is 7.01. The molecule has 0 amide bonds. The Morgan fingerprint density at radius 1 is 1.05 bits per heavy atom. The lowest BCUT2D eigenvalue weighted by atomic mass is 9.93. The van der Waals surface area contributed by atoms with Gasteiger partial charge in [0.2, 0.25) is 0 Å². The van der Waals surface area contributed by atoms with Crippen LogP contribution in [0.3, 0.4) is 0 Å². The van der Waals surface area contributed by atoms with E-state index in [1.165, 1.54) is 27.1 Å². The highest BCUT2D eigenvalue weighted by Gasteiger charge is 2.16. The van der Waals surface area contributed by atoms with Gasteiger partial charge in [-0.2, -0.15) is 0 Å². The maximum absolute atomic E-state index is 5.41. The van der Waals surface area contributed by atoms with E-state index >= 15 is 0 Å². The Hall–Kier alpha value is -1.45. The fourth-order valence-corrected chi connectivity index (χ4v) is 3.05. The van der Waals surface area contributed by atoms with Crippen molar-refractivity contribution in [2.24, 2.45) is 0 Å². The third-order valence-corrected chi connectivity index (χ3v) is 4.58. The first-order valence-electron chi connectivity index (χ1n) is 7.07. The second-order valence-corrected chi connectivity index (χ2v) is 6.05. The highest BCUT2D eigenvalue weighted by atomic mass is 32.2. The van der Waals surface area contributed by atoms with Crippen molar-refractivity contribution < 1.29 is 4.74 Å². The summed E-state index contributed by atoms with van der Waals surface area (Å²) in [5.41, 5.74) is 4.99. The Bertz CT molecular complexity index is 607. The minimum absolute atomic E-state index is 0.200. The van der Waals surface area contributed by atoms with Gasteiger partial charge in [-0.15, -0.1) is 11.8 Å². The van der Waals surface area contributed by atoms with Crippen molar-refractivity contribution in [2.45, 2.75) is 24.8 Å². The minimum atomic E-state index is 0.200. The van der Waals surface area contributed by atoms with Crippen molar-refractivity contribution in [1.82, 2.24) is 5.32 Å². The van der Waals surface area contributed by atoms with Gasteiger partial charge in [-0.25, -0.2) is 0 Å². The Kier molecular flexibility index (Phi) is 5.32. The predicted molar refractivity (Wildman–Crippen MR) is 91.6 cm³/mol. The van der Waals surface area contributed by atoms with Gasteiger partial charge in [0.25, 0.3) is 0 Å². The lowest BCUT2D eigenvalue weighted by Crippen LogP contribution is -2.19. The smallest absolute Gasteiger partial charge is 0.122 e. The molecule has 0 aliphatic carbocycles. The number of nitrogens with one attached hydrogen (secondary N) is 1. The highest BCUT2D eigenvalue weighted by Crippen LogP contribution is 2.30. The number of ether oxygens (including phenoxy) is 1. The lowest BCUT2D eigenvalue weighted by molar-refractivity contribution is 0.411. The molecule has 0 bridgehead atoms. The Labute approximate surface area is 131 Å². The molecule has 3 heteroatoms. The number of methoxy groups -OCH3 is 1. The van der Waals surface area contributed by atoms with Crippen molar-refractivity contribution >= 4 is 11.8 Å². The van der Waals surface area contributed by atoms with Gasteiger partial charge in [0, 0.05) is 4.90 Å². The number of aryl methyl sites for hydroxylation is 2. The van der Waals surface area contributed by atoms with Crippen molar-refractivity contribution in [3.05, 3.63) is 58.7 Å². The van der Waals surface area contributed by atoms with Crippen molar-refractivity contribution in [3.8, 4) is 5.75 Å². The molecule has 2 nitrogen and oxygen atoms in total. The van der Waals surface area contributed by atoms with E-state index in [0.717, 1.165) is 5.75 Å². The van der Waals surface area contributed by atoms with Crippen LogP contribution in [-0.4, -0.2) is 20.4 Å². The molecule has 0 fully saturated rings. The summed E-state index contributed by atoms with van der Waals surface area (Å²) in [4.78, 5) is 1.29. The maximum Gasteiger partial charge on any atom is 0.122 e. The fraction of sp³-hybridized carbons (Fsp3) is 0.333. The van der Waals surface area contributed by atoms with Crippen LogP contribution in [0.4, 0.5) is 0 Å². The molecule has 0 aliphatic rings. The van der Waals surface area contributed by atoms with Crippen LogP contribution in [0.2, 0.25) is 0 Å². The Morgan fingerprint density at radius 3 is 2.24 bits per heavy atom. The van der Waals surface area contributed by atoms with E-state index in [2.05, 4.69) is 61.8 Å². The van der Waals surface area contributed by atoms with Crippen LogP contribution in [-0.2, 0) is 0 Å². The average molecular weight is 301 g/mol. The number of rotatable bonds is 5. The Morgan fingerprint density at radius 2 is 1.71 bits per heavy atom. The van der Waals surface area contributed by atoms with Crippen molar-refractivity contribution in [1.29, 1.82) is 0 Å². The molecule has 2 aromatic rings. The molecule has 0 saturated carbocycles. The average Bonchev–Trinajstić information content (AvgIpc) is 2.51. The van der Waals surface area contributed by atoms with Gasteiger partial charge >= 0.3 is 0 Å². The van der Waals surface area contributed by atoms with Crippen LogP contribution in [0.25, 0.3) is 0 Å². The van der Waals surface area contributed by atoms with Gasteiger partial charge in [-0.1, -0.05) is 18.2 Å². The molecule has 0 saturated heterocycles. The van der Waals surface area contributed by atoms with Gasteiger partial charge in [0.1, 0.15) is 5.75 Å². The summed E-state index contributed by atoms with van der Waals surface area (Å²) in [5.74, 6) is 0.948. The maximum atomic E-state index is 5.41. The van der Waals surface area contributed by atoms with E-state index in [1.807, 2.05) is 7.05 Å². The zero-order valence-corrected chi connectivity index (χ0v) is 14.2. The third-order valence-electron chi connectivity index (χ3n) is 3.83. The van der Waals surface area contributed by atoms with E-state index in [9.17, 15) is 0 Å². The zero-order valence-electron chi connectivity index (χ0n) is 13.4. The molecular weight excluding hydrogens is 278 g/mol. The SMILES string of the molecule is CNC(c1ccc(SC)cc1)c1cc(C)c(OC)cc1C. The number of hydrogen-bond acceptors (Lipinski definition) is 3. The lowest BCUT2D eigenvalue weighted by Gasteiger charge is -2.21. The number of benzene rings is 2. The highest BCUT2D eigenvalue weighted by molar-refractivity contribution is 7.98. The summed E-state index contributed by atoms with van der Waals surface area (Å²) in [7, 11) is 3.73. The minimum Gasteiger partial charge on any atom is -0.496 e. The summed E-state index contributed by atoms with van der Waals surface area (Å²) in [6.07, 6.45) is 2.10. The summed E-state index contributed by atoms with van der Waals surface area (Å²) in [6.45, 7) is 4.23. The van der Waals surface area contributed by atoms with Crippen molar-refractivity contribution in [2.75, 3.05) is 20.4 Å². The first-order valence-corrected chi connectivity index (χ1v) is 8.29. The van der Waals surface area contributed by atoms with E-state index in [-0.39, 0.29) is 6.04 Å². The molecular formula is C18H23NOS. The van der Waals surface area contributed by atoms with Crippen LogP contribution in [0, 0.1) is 13.8 Å². The molecule has 0 spiro atoms. The summed E-state index contributed by atoms with van der Waals surface area (Å²) < 4.78 is 5.41. The van der Waals surface area contributed by atoms with E-state index in [4.69, 9.17) is 4.74 Å². The summed E-state index contributed by atoms with van der Waals surface area (Å²) >= 11 is 1.77. The first kappa shape index (κ1) is 15.9. The number of thioether (sulfide) groups is 1. The third kappa shape index (κ3) is 3.42. The standard InChI is InChI=1S/C18H23NOS/c1-12-11-17(20-4)13(2)10-16(12)18(19-3)14-6-8-15(21-5)9-7-14/h6-11,18-19H,1-5H3. The molecule has 0 aromatic heterocycles. The molecule has 0 heterocycles. The quantitative estimate of drug-likeness (QED) is 0.830. The topological polar surface area (TPSA) is 21.3 Å². The first-order chi connectivity index (χ1) is 10.1. The van der Waals surface area contributed by atoms with Crippen LogP contribution < -0.4 is 10.1 Å². The second-order valence-electron chi connectivity index (χ2n) is 5.17. The molecule has 112 valence electrons. The fourth-order valence-electron chi connectivity index (χ4n) is 2.64. The van der Waals surface area contributed by atoms with Crippen molar-refractivity contribution in [3.63, 3.8) is 0 Å². The van der Waals surface area contributed by atoms with Gasteiger partial charge < -0.3 is 10.1 Å². The van der Waals surface area contributed by atoms with Crippen LogP contribution in [0.15, 0.2) is 41.3 Å². The van der Waals surface area contributed by atoms with E-state index < -0.39 is 0 Å². The molecule has 0 aliphatic heterocycles. The van der Waals surface area contributed by atoms with E-state index in [1.54, 1.807) is 18.9 Å². The van der Waals surface area contributed by atoms with Gasteiger partial charge in [0.15, 0.2) is 0 Å². The summed E-state index contributed by atoms with van der Waals surface area (Å²) in [6, 6.07) is 13.3.